The predicted octanol–water partition coefficient (Wildman–Crippen LogP) is 4.78. The number of carbonyl (C=O) groups excluding carboxylic acids is 1. The molecule has 1 amide bonds. The van der Waals surface area contributed by atoms with Crippen molar-refractivity contribution in [3.05, 3.63) is 60.9 Å². The van der Waals surface area contributed by atoms with Crippen LogP contribution in [0.25, 0.3) is 22.5 Å². The summed E-state index contributed by atoms with van der Waals surface area (Å²) >= 11 is 1.38. The summed E-state index contributed by atoms with van der Waals surface area (Å²) in [6.07, 6.45) is 1.59. The Morgan fingerprint density at radius 1 is 1.03 bits per heavy atom. The van der Waals surface area contributed by atoms with Gasteiger partial charge in [0, 0.05) is 17.1 Å². The molecule has 0 saturated carbocycles. The van der Waals surface area contributed by atoms with Crippen LogP contribution in [0.2, 0.25) is 0 Å². The topological polar surface area (TPSA) is 86.5 Å². The fourth-order valence-electron chi connectivity index (χ4n) is 3.24. The summed E-state index contributed by atoms with van der Waals surface area (Å²) in [7, 11) is 0. The van der Waals surface area contributed by atoms with Crippen molar-refractivity contribution in [2.24, 2.45) is 0 Å². The molecule has 156 valence electrons. The van der Waals surface area contributed by atoms with Crippen molar-refractivity contribution in [2.45, 2.75) is 17.2 Å². The molecule has 0 saturated heterocycles. The molecule has 0 fully saturated rings. The van der Waals surface area contributed by atoms with Gasteiger partial charge in [0.1, 0.15) is 18.2 Å². The molecule has 0 bridgehead atoms. The number of rotatable bonds is 5. The normalized spacial score (nSPS) is 13.7. The highest BCUT2D eigenvalue weighted by Gasteiger charge is 2.20. The van der Waals surface area contributed by atoms with Gasteiger partial charge in [0.2, 0.25) is 5.91 Å². The third-order valence-electron chi connectivity index (χ3n) is 4.78. The lowest BCUT2D eigenvalue weighted by molar-refractivity contribution is -0.115. The number of aromatic nitrogens is 2. The van der Waals surface area contributed by atoms with Gasteiger partial charge in [-0.3, -0.25) is 4.79 Å². The molecule has 5 rings (SSSR count). The number of furan rings is 1. The molecule has 0 spiro atoms. The molecule has 0 radical (unpaired) electrons. The van der Waals surface area contributed by atoms with Crippen LogP contribution in [-0.2, 0) is 4.79 Å². The Balaban J connectivity index is 1.38. The standard InChI is InChI=1S/C23H19N3O4S/c1-14(22(27)24-15-8-9-18-20(13-15)30-12-11-29-18)31-23-16-5-2-3-6-17(16)25-21(26-23)19-7-4-10-28-19/h2-10,13-14H,11-12H2,1H3,(H,24,27)/t14-/m1/s1. The predicted molar refractivity (Wildman–Crippen MR) is 119 cm³/mol. The van der Waals surface area contributed by atoms with E-state index in [-0.39, 0.29) is 5.91 Å². The SMILES string of the molecule is C[C@@H](Sc1nc(-c2ccco2)nc2ccccc12)C(=O)Nc1ccc2c(c1)OCCO2. The average molecular weight is 433 g/mol. The Morgan fingerprint density at radius 3 is 2.71 bits per heavy atom. The number of amides is 1. The van der Waals surface area contributed by atoms with Crippen molar-refractivity contribution in [2.75, 3.05) is 18.5 Å². The third kappa shape index (κ3) is 4.06. The Labute approximate surface area is 182 Å². The van der Waals surface area contributed by atoms with E-state index in [4.69, 9.17) is 13.9 Å². The molecule has 2 aromatic heterocycles. The number of fused-ring (bicyclic) bond motifs is 2. The fourth-order valence-corrected chi connectivity index (χ4v) is 4.18. The Kier molecular flexibility index (Phi) is 5.21. The van der Waals surface area contributed by atoms with Gasteiger partial charge in [-0.2, -0.15) is 0 Å². The molecule has 7 nitrogen and oxygen atoms in total. The van der Waals surface area contributed by atoms with Crippen LogP contribution >= 0.6 is 11.8 Å². The molecule has 3 heterocycles. The maximum absolute atomic E-state index is 12.9. The van der Waals surface area contributed by atoms with Gasteiger partial charge in [-0.15, -0.1) is 0 Å². The summed E-state index contributed by atoms with van der Waals surface area (Å²) in [5, 5.41) is 4.17. The monoisotopic (exact) mass is 433 g/mol. The maximum Gasteiger partial charge on any atom is 0.237 e. The van der Waals surface area contributed by atoms with Crippen LogP contribution in [0.1, 0.15) is 6.92 Å². The first-order valence-corrected chi connectivity index (χ1v) is 10.7. The van der Waals surface area contributed by atoms with Crippen molar-refractivity contribution < 1.29 is 18.7 Å². The van der Waals surface area contributed by atoms with Gasteiger partial charge in [0.25, 0.3) is 0 Å². The number of thioether (sulfide) groups is 1. The van der Waals surface area contributed by atoms with E-state index < -0.39 is 5.25 Å². The lowest BCUT2D eigenvalue weighted by Gasteiger charge is -2.19. The van der Waals surface area contributed by atoms with E-state index >= 15 is 0 Å². The van der Waals surface area contributed by atoms with Crippen LogP contribution in [0.4, 0.5) is 5.69 Å². The first kappa shape index (κ1) is 19.4. The molecule has 1 aliphatic rings. The van der Waals surface area contributed by atoms with Gasteiger partial charge in [-0.1, -0.05) is 30.0 Å². The van der Waals surface area contributed by atoms with Gasteiger partial charge < -0.3 is 19.2 Å². The van der Waals surface area contributed by atoms with E-state index in [0.717, 1.165) is 15.9 Å². The summed E-state index contributed by atoms with van der Waals surface area (Å²) < 4.78 is 16.6. The fraction of sp³-hybridized carbons (Fsp3) is 0.174. The van der Waals surface area contributed by atoms with Crippen molar-refractivity contribution in [1.82, 2.24) is 9.97 Å². The number of ether oxygens (including phenoxy) is 2. The van der Waals surface area contributed by atoms with E-state index in [1.54, 1.807) is 30.5 Å². The minimum absolute atomic E-state index is 0.135. The number of anilines is 1. The van der Waals surface area contributed by atoms with Crippen molar-refractivity contribution in [3.63, 3.8) is 0 Å². The molecule has 1 N–H and O–H groups in total. The van der Waals surface area contributed by atoms with Crippen LogP contribution < -0.4 is 14.8 Å². The molecular formula is C23H19N3O4S. The second-order valence-corrected chi connectivity index (χ2v) is 8.28. The number of hydrogen-bond acceptors (Lipinski definition) is 7. The van der Waals surface area contributed by atoms with Gasteiger partial charge in [-0.05, 0) is 37.3 Å². The molecule has 1 atom stereocenters. The molecule has 0 unspecified atom stereocenters. The largest absolute Gasteiger partial charge is 0.486 e. The second kappa shape index (κ2) is 8.31. The highest BCUT2D eigenvalue weighted by Crippen LogP contribution is 2.34. The van der Waals surface area contributed by atoms with Crippen LogP contribution in [0, 0.1) is 0 Å². The molecule has 31 heavy (non-hydrogen) atoms. The molecule has 4 aromatic rings. The average Bonchev–Trinajstić information content (AvgIpc) is 3.34. The van der Waals surface area contributed by atoms with Crippen molar-refractivity contribution in [1.29, 1.82) is 0 Å². The Bertz CT molecular complexity index is 1240. The zero-order chi connectivity index (χ0) is 21.2. The summed E-state index contributed by atoms with van der Waals surface area (Å²) in [6, 6.07) is 16.7. The van der Waals surface area contributed by atoms with E-state index in [0.29, 0.717) is 42.0 Å². The van der Waals surface area contributed by atoms with Crippen LogP contribution in [-0.4, -0.2) is 34.3 Å². The van der Waals surface area contributed by atoms with Gasteiger partial charge in [0.15, 0.2) is 23.1 Å². The first-order valence-electron chi connectivity index (χ1n) is 9.85. The quantitative estimate of drug-likeness (QED) is 0.358. The minimum Gasteiger partial charge on any atom is -0.486 e. The highest BCUT2D eigenvalue weighted by molar-refractivity contribution is 8.00. The second-order valence-electron chi connectivity index (χ2n) is 6.95. The number of benzene rings is 2. The molecule has 2 aromatic carbocycles. The van der Waals surface area contributed by atoms with Crippen molar-refractivity contribution in [3.8, 4) is 23.1 Å². The van der Waals surface area contributed by atoms with Gasteiger partial charge in [-0.25, -0.2) is 9.97 Å². The van der Waals surface area contributed by atoms with Gasteiger partial charge in [0.05, 0.1) is 17.0 Å². The van der Waals surface area contributed by atoms with E-state index in [1.807, 2.05) is 37.3 Å². The Hall–Kier alpha value is -3.52. The summed E-state index contributed by atoms with van der Waals surface area (Å²) in [6.45, 7) is 2.87. The maximum atomic E-state index is 12.9. The number of nitrogens with zero attached hydrogens (tertiary/aromatic N) is 2. The van der Waals surface area contributed by atoms with Crippen LogP contribution in [0.5, 0.6) is 11.5 Å². The van der Waals surface area contributed by atoms with Crippen molar-refractivity contribution >= 4 is 34.3 Å². The molecule has 8 heteroatoms. The van der Waals surface area contributed by atoms with Gasteiger partial charge >= 0.3 is 0 Å². The summed E-state index contributed by atoms with van der Waals surface area (Å²) in [4.78, 5) is 22.1. The summed E-state index contributed by atoms with van der Waals surface area (Å²) in [5.74, 6) is 2.26. The lowest BCUT2D eigenvalue weighted by Crippen LogP contribution is -2.23. The number of nitrogens with one attached hydrogen (secondary N) is 1. The number of hydrogen-bond donors (Lipinski definition) is 1. The lowest BCUT2D eigenvalue weighted by atomic mass is 10.2. The van der Waals surface area contributed by atoms with E-state index in [1.165, 1.54) is 11.8 Å². The van der Waals surface area contributed by atoms with Crippen LogP contribution in [0.3, 0.4) is 0 Å². The molecule has 1 aliphatic heterocycles. The smallest absolute Gasteiger partial charge is 0.237 e. The zero-order valence-corrected chi connectivity index (χ0v) is 17.5. The summed E-state index contributed by atoms with van der Waals surface area (Å²) in [5.41, 5.74) is 1.45. The zero-order valence-electron chi connectivity index (χ0n) is 16.7. The highest BCUT2D eigenvalue weighted by atomic mass is 32.2. The van der Waals surface area contributed by atoms with E-state index in [2.05, 4.69) is 15.3 Å². The van der Waals surface area contributed by atoms with E-state index in [9.17, 15) is 4.79 Å². The van der Waals surface area contributed by atoms with Crippen LogP contribution in [0.15, 0.2) is 70.3 Å². The Morgan fingerprint density at radius 2 is 1.87 bits per heavy atom. The molecular weight excluding hydrogens is 414 g/mol. The molecule has 0 aliphatic carbocycles. The number of para-hydroxylation sites is 1. The number of carbonyl (C=O) groups is 1. The minimum atomic E-state index is -0.393. The first-order chi connectivity index (χ1) is 15.2. The third-order valence-corrected chi connectivity index (χ3v) is 5.88.